The van der Waals surface area contributed by atoms with Gasteiger partial charge in [-0.2, -0.15) is 0 Å². The number of halogens is 1. The van der Waals surface area contributed by atoms with E-state index in [9.17, 15) is 4.79 Å². The molecule has 0 unspecified atom stereocenters. The molecule has 4 aromatic rings. The Morgan fingerprint density at radius 2 is 1.95 bits per heavy atom. The van der Waals surface area contributed by atoms with Crippen LogP contribution in [0.5, 0.6) is 0 Å². The van der Waals surface area contributed by atoms with E-state index in [2.05, 4.69) is 25.6 Å². The lowest BCUT2D eigenvalue weighted by atomic mass is 9.72. The van der Waals surface area contributed by atoms with E-state index < -0.39 is 6.16 Å². The highest BCUT2D eigenvalue weighted by Crippen LogP contribution is 2.43. The summed E-state index contributed by atoms with van der Waals surface area (Å²) in [7, 11) is 1.32. The fourth-order valence-corrected chi connectivity index (χ4v) is 7.38. The monoisotopic (exact) mass is 566 g/mol. The van der Waals surface area contributed by atoms with Crippen molar-refractivity contribution in [3.63, 3.8) is 0 Å². The number of morpholine rings is 1. The Bertz CT molecular complexity index is 1550. The first-order chi connectivity index (χ1) is 19.5. The van der Waals surface area contributed by atoms with Gasteiger partial charge < -0.3 is 24.2 Å². The predicted octanol–water partition coefficient (Wildman–Crippen LogP) is 4.41. The molecule has 10 nitrogen and oxygen atoms in total. The van der Waals surface area contributed by atoms with Crippen molar-refractivity contribution in [2.45, 2.75) is 19.4 Å². The summed E-state index contributed by atoms with van der Waals surface area (Å²) in [5.41, 5.74) is 2.40. The maximum absolute atomic E-state index is 15.2. The van der Waals surface area contributed by atoms with E-state index in [1.54, 1.807) is 22.5 Å². The van der Waals surface area contributed by atoms with Gasteiger partial charge >= 0.3 is 6.16 Å². The number of fused-ring (bicyclic) bond motifs is 2. The van der Waals surface area contributed by atoms with Gasteiger partial charge in [0.15, 0.2) is 11.6 Å². The number of carbonyl (C=O) groups is 1. The third-order valence-corrected chi connectivity index (χ3v) is 9.38. The smallest absolute Gasteiger partial charge is 0.436 e. The van der Waals surface area contributed by atoms with Crippen molar-refractivity contribution in [2.24, 2.45) is 5.41 Å². The van der Waals surface area contributed by atoms with Crippen molar-refractivity contribution >= 4 is 44.4 Å². The summed E-state index contributed by atoms with van der Waals surface area (Å²) in [6.45, 7) is 7.06. The highest BCUT2D eigenvalue weighted by Gasteiger charge is 2.45. The number of ether oxygens (including phenoxy) is 2. The minimum absolute atomic E-state index is 0.269. The van der Waals surface area contributed by atoms with Crippen LogP contribution in [0.3, 0.4) is 0 Å². The van der Waals surface area contributed by atoms with E-state index in [1.807, 2.05) is 12.3 Å². The number of methoxy groups -OCH3 is 1. The lowest BCUT2D eigenvalue weighted by Gasteiger charge is -2.53. The number of anilines is 1. The summed E-state index contributed by atoms with van der Waals surface area (Å²) in [5, 5.41) is 2.48. The first-order valence-electron chi connectivity index (χ1n) is 13.6. The zero-order chi connectivity index (χ0) is 27.3. The second-order valence-electron chi connectivity index (χ2n) is 10.9. The van der Waals surface area contributed by atoms with Crippen LogP contribution in [0, 0.1) is 11.2 Å². The number of hydrogen-bond acceptors (Lipinski definition) is 10. The van der Waals surface area contributed by atoms with Crippen molar-refractivity contribution in [1.82, 2.24) is 24.9 Å². The number of rotatable bonds is 5. The van der Waals surface area contributed by atoms with Gasteiger partial charge in [0.25, 0.3) is 0 Å². The van der Waals surface area contributed by atoms with Crippen molar-refractivity contribution < 1.29 is 23.5 Å². The maximum Gasteiger partial charge on any atom is 0.527 e. The summed E-state index contributed by atoms with van der Waals surface area (Å²) >= 11 is 1.72. The summed E-state index contributed by atoms with van der Waals surface area (Å²) in [4.78, 5) is 35.6. The highest BCUT2D eigenvalue weighted by molar-refractivity contribution is 7.19. The van der Waals surface area contributed by atoms with Crippen molar-refractivity contribution in [3.8, 4) is 11.4 Å². The average Bonchev–Trinajstić information content (AvgIpc) is 3.60. The number of aromatic nitrogens is 3. The molecule has 1 spiro atoms. The minimum atomic E-state index is -0.661. The molecule has 7 rings (SSSR count). The van der Waals surface area contributed by atoms with Crippen LogP contribution in [0.1, 0.15) is 17.7 Å². The lowest BCUT2D eigenvalue weighted by molar-refractivity contribution is -0.168. The van der Waals surface area contributed by atoms with Crippen LogP contribution in [-0.4, -0.2) is 90.7 Å². The molecule has 3 aliphatic rings. The number of thiophene rings is 1. The first kappa shape index (κ1) is 25.6. The summed E-state index contributed by atoms with van der Waals surface area (Å²) in [6.07, 6.45) is 3.12. The van der Waals surface area contributed by atoms with E-state index in [4.69, 9.17) is 19.5 Å². The van der Waals surface area contributed by atoms with Crippen molar-refractivity contribution in [1.29, 1.82) is 0 Å². The van der Waals surface area contributed by atoms with Crippen LogP contribution in [0.15, 0.2) is 30.5 Å². The number of nitrogens with one attached hydrogen (secondary N) is 1. The number of nitrogens with zero attached hydrogens (tertiary/aromatic N) is 5. The zero-order valence-electron chi connectivity index (χ0n) is 22.3. The Labute approximate surface area is 234 Å². The van der Waals surface area contributed by atoms with Gasteiger partial charge in [-0.1, -0.05) is 0 Å². The number of piperidine rings is 1. The molecule has 3 saturated heterocycles. The summed E-state index contributed by atoms with van der Waals surface area (Å²) in [6, 6.07) is 7.23. The Morgan fingerprint density at radius 1 is 1.15 bits per heavy atom. The van der Waals surface area contributed by atoms with E-state index in [0.29, 0.717) is 24.6 Å². The fraction of sp³-hybridized carbons (Fsp3) is 0.464. The van der Waals surface area contributed by atoms with Crippen molar-refractivity contribution in [2.75, 3.05) is 64.5 Å². The zero-order valence-corrected chi connectivity index (χ0v) is 23.1. The van der Waals surface area contributed by atoms with Gasteiger partial charge in [-0.25, -0.2) is 19.2 Å². The Balaban J connectivity index is 1.14. The van der Waals surface area contributed by atoms with Crippen LogP contribution in [0.25, 0.3) is 32.5 Å². The van der Waals surface area contributed by atoms with Crippen LogP contribution >= 0.6 is 11.3 Å². The minimum Gasteiger partial charge on any atom is -0.436 e. The molecular formula is C28H31FN6O4S. The summed E-state index contributed by atoms with van der Waals surface area (Å²) in [5.74, 6) is 0.929. The standard InChI is InChI=1S/C28H31FN6O4S/c1-37-27(36)39-35-8-5-28(6-9-35)16-33(17-28)15-18-14-22-24(40-18)26(34-10-12-38-13-11-34)32-25(31-22)23-19-4-7-30-21(19)3-2-20(23)29/h2-4,7,14,30H,5-6,8-13,15-17H2,1H3. The largest absolute Gasteiger partial charge is 0.527 e. The molecular weight excluding hydrogens is 535 g/mol. The third-order valence-electron chi connectivity index (χ3n) is 8.27. The van der Waals surface area contributed by atoms with Gasteiger partial charge in [0.1, 0.15) is 5.82 Å². The van der Waals surface area contributed by atoms with Crippen molar-refractivity contribution in [3.05, 3.63) is 41.2 Å². The topological polar surface area (TPSA) is 96.0 Å². The molecule has 1 N–H and O–H groups in total. The van der Waals surface area contributed by atoms with E-state index in [1.165, 1.54) is 18.1 Å². The van der Waals surface area contributed by atoms with Crippen LogP contribution in [0.2, 0.25) is 0 Å². The van der Waals surface area contributed by atoms with Gasteiger partial charge in [0.05, 0.1) is 36.1 Å². The Kier molecular flexibility index (Phi) is 6.57. The van der Waals surface area contributed by atoms with Crippen LogP contribution < -0.4 is 4.90 Å². The van der Waals surface area contributed by atoms with E-state index >= 15 is 4.39 Å². The Hall–Kier alpha value is -3.32. The second kappa shape index (κ2) is 10.3. The number of hydrogen-bond donors (Lipinski definition) is 1. The quantitative estimate of drug-likeness (QED) is 0.353. The van der Waals surface area contributed by atoms with Gasteiger partial charge in [-0.3, -0.25) is 4.90 Å². The molecule has 0 amide bonds. The molecule has 40 heavy (non-hydrogen) atoms. The molecule has 0 saturated carbocycles. The Morgan fingerprint density at radius 3 is 2.73 bits per heavy atom. The molecule has 1 aromatic carbocycles. The number of hydroxylamine groups is 2. The molecule has 12 heteroatoms. The van der Waals surface area contributed by atoms with Crippen LogP contribution in [-0.2, 0) is 20.9 Å². The number of aromatic amines is 1. The molecule has 0 aliphatic carbocycles. The molecule has 3 aromatic heterocycles. The molecule has 0 bridgehead atoms. The predicted molar refractivity (Wildman–Crippen MR) is 150 cm³/mol. The lowest BCUT2D eigenvalue weighted by Crippen LogP contribution is -2.59. The molecule has 3 aliphatic heterocycles. The number of benzene rings is 1. The van der Waals surface area contributed by atoms with E-state index in [-0.39, 0.29) is 11.2 Å². The first-order valence-corrected chi connectivity index (χ1v) is 14.4. The molecule has 0 radical (unpaired) electrons. The highest BCUT2D eigenvalue weighted by atomic mass is 32.1. The molecule has 6 heterocycles. The average molecular weight is 567 g/mol. The second-order valence-corrected chi connectivity index (χ2v) is 12.0. The molecule has 210 valence electrons. The summed E-state index contributed by atoms with van der Waals surface area (Å²) < 4.78 is 26.4. The number of H-pyrrole nitrogens is 1. The van der Waals surface area contributed by atoms with Crippen LogP contribution in [0.4, 0.5) is 15.0 Å². The SMILES string of the molecule is COC(=O)ON1CCC2(CC1)CN(Cc1cc3nc(-c4c(F)ccc5[nH]ccc45)nc(N4CCOCC4)c3s1)C2. The maximum atomic E-state index is 15.2. The van der Waals surface area contributed by atoms with Gasteiger partial charge in [0, 0.05) is 67.8 Å². The van der Waals surface area contributed by atoms with Gasteiger partial charge in [0.2, 0.25) is 0 Å². The molecule has 0 atom stereocenters. The normalized spacial score (nSPS) is 19.8. The number of likely N-dealkylation sites (tertiary alicyclic amines) is 1. The molecule has 3 fully saturated rings. The fourth-order valence-electron chi connectivity index (χ4n) is 6.22. The van der Waals surface area contributed by atoms with Gasteiger partial charge in [-0.05, 0) is 42.5 Å². The third kappa shape index (κ3) is 4.68. The van der Waals surface area contributed by atoms with Gasteiger partial charge in [-0.15, -0.1) is 16.4 Å². The van der Waals surface area contributed by atoms with E-state index in [0.717, 1.165) is 85.6 Å². The number of carbonyl (C=O) groups excluding carboxylic acids is 1.